The van der Waals surface area contributed by atoms with Gasteiger partial charge in [0.05, 0.1) is 0 Å². The van der Waals surface area contributed by atoms with Crippen molar-refractivity contribution in [2.45, 2.75) is 59.3 Å². The van der Waals surface area contributed by atoms with Crippen molar-refractivity contribution in [1.82, 2.24) is 0 Å². The Hall–Kier alpha value is 0.310. The second-order valence-corrected chi connectivity index (χ2v) is 7.93. The van der Waals surface area contributed by atoms with Crippen LogP contribution in [-0.2, 0) is 0 Å². The first-order valence-corrected chi connectivity index (χ1v) is 8.52. The van der Waals surface area contributed by atoms with Gasteiger partial charge in [0, 0.05) is 0 Å². The van der Waals surface area contributed by atoms with E-state index >= 15 is 0 Å². The lowest BCUT2D eigenvalue weighted by Gasteiger charge is -2.44. The Morgan fingerprint density at radius 1 is 1.24 bits per heavy atom. The molecule has 1 nitrogen and oxygen atoms in total. The second-order valence-electron chi connectivity index (χ2n) is 6.94. The molecule has 0 aromatic heterocycles. The molecule has 0 unspecified atom stereocenters. The first kappa shape index (κ1) is 15.4. The number of rotatable bonds is 5. The lowest BCUT2D eigenvalue weighted by Crippen LogP contribution is -2.37. The van der Waals surface area contributed by atoms with Gasteiger partial charge in [-0.25, -0.2) is 0 Å². The van der Waals surface area contributed by atoms with Crippen LogP contribution in [0.3, 0.4) is 0 Å². The molecule has 0 aromatic carbocycles. The van der Waals surface area contributed by atoms with Crippen LogP contribution in [-0.4, -0.2) is 18.6 Å². The number of thioether (sulfide) groups is 1. The predicted octanol–water partition coefficient (Wildman–Crippen LogP) is 4.31. The van der Waals surface area contributed by atoms with Crippen LogP contribution in [0.2, 0.25) is 0 Å². The molecule has 0 heterocycles. The molecule has 1 aliphatic rings. The second kappa shape index (κ2) is 6.47. The molecule has 102 valence electrons. The highest BCUT2D eigenvalue weighted by Gasteiger charge is 2.37. The van der Waals surface area contributed by atoms with E-state index in [1.54, 1.807) is 0 Å². The fraction of sp³-hybridized carbons (Fsp3) is 1.00. The first-order valence-electron chi connectivity index (χ1n) is 7.12. The highest BCUT2D eigenvalue weighted by Crippen LogP contribution is 2.47. The maximum absolute atomic E-state index is 6.07. The maximum atomic E-state index is 6.07. The van der Waals surface area contributed by atoms with E-state index in [-0.39, 0.29) is 0 Å². The lowest BCUT2D eigenvalue weighted by atomic mass is 9.63. The number of hydrogen-bond acceptors (Lipinski definition) is 2. The van der Waals surface area contributed by atoms with Crippen LogP contribution in [0.1, 0.15) is 59.3 Å². The maximum Gasteiger partial charge on any atom is -0.00205 e. The quantitative estimate of drug-likeness (QED) is 0.743. The van der Waals surface area contributed by atoms with Crippen molar-refractivity contribution >= 4 is 11.8 Å². The van der Waals surface area contributed by atoms with Gasteiger partial charge in [0.15, 0.2) is 0 Å². The number of nitrogens with two attached hydrogens (primary N) is 1. The summed E-state index contributed by atoms with van der Waals surface area (Å²) in [5, 5.41) is 0. The van der Waals surface area contributed by atoms with Crippen molar-refractivity contribution < 1.29 is 0 Å². The predicted molar refractivity (Wildman–Crippen MR) is 80.5 cm³/mol. The molecule has 17 heavy (non-hydrogen) atoms. The zero-order valence-corrected chi connectivity index (χ0v) is 13.0. The average molecular weight is 257 g/mol. The summed E-state index contributed by atoms with van der Waals surface area (Å²) in [6, 6.07) is 0. The van der Waals surface area contributed by atoms with E-state index < -0.39 is 0 Å². The van der Waals surface area contributed by atoms with Crippen LogP contribution in [0.25, 0.3) is 0 Å². The summed E-state index contributed by atoms with van der Waals surface area (Å²) < 4.78 is 0. The van der Waals surface area contributed by atoms with Crippen molar-refractivity contribution in [3.8, 4) is 0 Å². The van der Waals surface area contributed by atoms with Gasteiger partial charge in [-0.2, -0.15) is 11.8 Å². The Morgan fingerprint density at radius 3 is 2.24 bits per heavy atom. The Morgan fingerprint density at radius 2 is 1.82 bits per heavy atom. The molecule has 0 aromatic rings. The third-order valence-corrected chi connectivity index (χ3v) is 5.46. The minimum Gasteiger partial charge on any atom is -0.330 e. The van der Waals surface area contributed by atoms with Crippen molar-refractivity contribution in [2.24, 2.45) is 22.5 Å². The molecule has 0 aliphatic heterocycles. The van der Waals surface area contributed by atoms with E-state index in [0.717, 1.165) is 12.5 Å². The van der Waals surface area contributed by atoms with Gasteiger partial charge in [0.2, 0.25) is 0 Å². The third kappa shape index (κ3) is 4.48. The van der Waals surface area contributed by atoms with Crippen molar-refractivity contribution in [3.63, 3.8) is 0 Å². The zero-order valence-electron chi connectivity index (χ0n) is 12.2. The van der Waals surface area contributed by atoms with Crippen LogP contribution in [0.4, 0.5) is 0 Å². The third-order valence-electron chi connectivity index (χ3n) is 4.76. The smallest absolute Gasteiger partial charge is 0.00205 e. The van der Waals surface area contributed by atoms with Crippen LogP contribution in [0, 0.1) is 16.7 Å². The molecular formula is C15H31NS. The van der Waals surface area contributed by atoms with Gasteiger partial charge in [-0.15, -0.1) is 0 Å². The van der Waals surface area contributed by atoms with Crippen molar-refractivity contribution in [3.05, 3.63) is 0 Å². The van der Waals surface area contributed by atoms with Crippen LogP contribution in [0.5, 0.6) is 0 Å². The standard InChI is InChI=1S/C15H31NS/c1-14(2,3)13-6-9-15(12-16,10-7-13)8-5-11-17-4/h13H,5-12,16H2,1-4H3. The summed E-state index contributed by atoms with van der Waals surface area (Å²) >= 11 is 1.96. The molecular weight excluding hydrogens is 226 g/mol. The molecule has 0 saturated heterocycles. The minimum atomic E-state index is 0.484. The van der Waals surface area contributed by atoms with Gasteiger partial charge in [-0.05, 0) is 73.8 Å². The van der Waals surface area contributed by atoms with Crippen LogP contribution >= 0.6 is 11.8 Å². The zero-order chi connectivity index (χ0) is 12.9. The molecule has 1 fully saturated rings. The van der Waals surface area contributed by atoms with Gasteiger partial charge in [0.25, 0.3) is 0 Å². The highest BCUT2D eigenvalue weighted by molar-refractivity contribution is 7.98. The average Bonchev–Trinajstić information content (AvgIpc) is 2.29. The van der Waals surface area contributed by atoms with Crippen LogP contribution in [0.15, 0.2) is 0 Å². The van der Waals surface area contributed by atoms with E-state index in [1.807, 2.05) is 11.8 Å². The van der Waals surface area contributed by atoms with Gasteiger partial charge < -0.3 is 5.73 Å². The summed E-state index contributed by atoms with van der Waals surface area (Å²) in [5.74, 6) is 2.20. The Balaban J connectivity index is 2.45. The Labute approximate surface area is 112 Å². The fourth-order valence-corrected chi connectivity index (χ4v) is 3.68. The first-order chi connectivity index (χ1) is 7.93. The molecule has 1 aliphatic carbocycles. The Kier molecular flexibility index (Phi) is 5.85. The molecule has 0 amide bonds. The van der Waals surface area contributed by atoms with Crippen molar-refractivity contribution in [1.29, 1.82) is 0 Å². The summed E-state index contributed by atoms with van der Waals surface area (Å²) in [6.45, 7) is 8.07. The highest BCUT2D eigenvalue weighted by atomic mass is 32.2. The summed E-state index contributed by atoms with van der Waals surface area (Å²) in [6.07, 6.45) is 10.4. The normalized spacial score (nSPS) is 30.5. The van der Waals surface area contributed by atoms with Gasteiger partial charge in [-0.1, -0.05) is 20.8 Å². The van der Waals surface area contributed by atoms with Crippen molar-refractivity contribution in [2.75, 3.05) is 18.6 Å². The van der Waals surface area contributed by atoms with Crippen LogP contribution < -0.4 is 5.73 Å². The summed E-state index contributed by atoms with van der Waals surface area (Å²) in [4.78, 5) is 0. The molecule has 0 spiro atoms. The molecule has 2 N–H and O–H groups in total. The largest absolute Gasteiger partial charge is 0.330 e. The molecule has 0 bridgehead atoms. The van der Waals surface area contributed by atoms with E-state index in [2.05, 4.69) is 27.0 Å². The van der Waals surface area contributed by atoms with E-state index in [0.29, 0.717) is 10.8 Å². The monoisotopic (exact) mass is 257 g/mol. The summed E-state index contributed by atoms with van der Waals surface area (Å²) in [7, 11) is 0. The minimum absolute atomic E-state index is 0.484. The number of hydrogen-bond donors (Lipinski definition) is 1. The summed E-state index contributed by atoms with van der Waals surface area (Å²) in [5.41, 5.74) is 7.04. The topological polar surface area (TPSA) is 26.0 Å². The van der Waals surface area contributed by atoms with Gasteiger partial charge in [-0.3, -0.25) is 0 Å². The van der Waals surface area contributed by atoms with E-state index in [9.17, 15) is 0 Å². The fourth-order valence-electron chi connectivity index (χ4n) is 3.24. The SMILES string of the molecule is CSCCCC1(CN)CCC(C(C)(C)C)CC1. The van der Waals surface area contributed by atoms with E-state index in [4.69, 9.17) is 5.73 Å². The molecule has 1 saturated carbocycles. The molecule has 2 heteroatoms. The lowest BCUT2D eigenvalue weighted by molar-refractivity contribution is 0.0859. The molecule has 1 rings (SSSR count). The van der Waals surface area contributed by atoms with Gasteiger partial charge >= 0.3 is 0 Å². The van der Waals surface area contributed by atoms with E-state index in [1.165, 1.54) is 44.3 Å². The van der Waals surface area contributed by atoms with Gasteiger partial charge in [0.1, 0.15) is 0 Å². The molecule has 0 atom stereocenters. The Bertz CT molecular complexity index is 211. The molecule has 0 radical (unpaired) electrons.